The van der Waals surface area contributed by atoms with Gasteiger partial charge in [0, 0.05) is 6.54 Å². The van der Waals surface area contributed by atoms with Crippen molar-refractivity contribution in [1.29, 1.82) is 0 Å². The Hall–Kier alpha value is -1.79. The van der Waals surface area contributed by atoms with Crippen LogP contribution in [0.5, 0.6) is 0 Å². The summed E-state index contributed by atoms with van der Waals surface area (Å²) >= 11 is 0. The number of hydrogen-bond donors (Lipinski definition) is 2. The Morgan fingerprint density at radius 1 is 1.44 bits per heavy atom. The molecule has 0 aliphatic carbocycles. The molecule has 0 fully saturated rings. The number of amides is 2. The van der Waals surface area contributed by atoms with Crippen LogP contribution >= 0.6 is 0 Å². The molecule has 0 aromatic heterocycles. The fourth-order valence-electron chi connectivity index (χ4n) is 0.886. The highest BCUT2D eigenvalue weighted by atomic mass is 16.5. The van der Waals surface area contributed by atoms with E-state index in [2.05, 4.69) is 10.1 Å². The van der Waals surface area contributed by atoms with Crippen LogP contribution in [0.25, 0.3) is 0 Å². The fourth-order valence-corrected chi connectivity index (χ4v) is 0.886. The molecule has 7 nitrogen and oxygen atoms in total. The quantitative estimate of drug-likeness (QED) is 0.632. The van der Waals surface area contributed by atoms with Gasteiger partial charge in [0.1, 0.15) is 12.6 Å². The second-order valence-electron chi connectivity index (χ2n) is 3.10. The number of carbonyl (C=O) groups excluding carboxylic acids is 2. The number of hydrogen-bond acceptors (Lipinski definition) is 4. The van der Waals surface area contributed by atoms with Crippen LogP contribution in [-0.4, -0.2) is 54.2 Å². The van der Waals surface area contributed by atoms with Crippen LogP contribution in [0.3, 0.4) is 0 Å². The molecule has 0 rings (SSSR count). The Labute approximate surface area is 93.4 Å². The molecule has 0 heterocycles. The molecule has 0 bridgehead atoms. The van der Waals surface area contributed by atoms with Gasteiger partial charge in [-0.3, -0.25) is 9.59 Å². The van der Waals surface area contributed by atoms with Crippen LogP contribution in [-0.2, 0) is 14.3 Å². The van der Waals surface area contributed by atoms with E-state index >= 15 is 0 Å². The van der Waals surface area contributed by atoms with Crippen LogP contribution in [0, 0.1) is 0 Å². The summed E-state index contributed by atoms with van der Waals surface area (Å²) in [6, 6.07) is -1.61. The molecule has 0 radical (unpaired) electrons. The number of likely N-dealkylation sites (N-methyl/N-ethyl adjacent to an activating group) is 1. The molecule has 0 unspecified atom stereocenters. The first-order valence-electron chi connectivity index (χ1n) is 4.77. The van der Waals surface area contributed by atoms with Gasteiger partial charge in [0.05, 0.1) is 7.11 Å². The first-order chi connectivity index (χ1) is 7.42. The highest BCUT2D eigenvalue weighted by molar-refractivity contribution is 5.84. The Bertz CT molecular complexity index is 279. The molecule has 16 heavy (non-hydrogen) atoms. The van der Waals surface area contributed by atoms with Crippen LogP contribution in [0.15, 0.2) is 0 Å². The maximum absolute atomic E-state index is 11.5. The second kappa shape index (κ2) is 6.65. The molecule has 0 saturated heterocycles. The maximum Gasteiger partial charge on any atom is 0.325 e. The molecule has 0 aromatic carbocycles. The van der Waals surface area contributed by atoms with E-state index in [9.17, 15) is 14.4 Å². The number of nitrogens with one attached hydrogen (secondary N) is 1. The number of carbonyl (C=O) groups is 3. The number of carboxylic acid groups (broad SMARTS) is 1. The van der Waals surface area contributed by atoms with Gasteiger partial charge in [-0.25, -0.2) is 4.79 Å². The van der Waals surface area contributed by atoms with Crippen LogP contribution in [0.2, 0.25) is 0 Å². The summed E-state index contributed by atoms with van der Waals surface area (Å²) in [5, 5.41) is 10.8. The zero-order chi connectivity index (χ0) is 12.7. The minimum absolute atomic E-state index is 0.203. The van der Waals surface area contributed by atoms with Gasteiger partial charge in [-0.2, -0.15) is 0 Å². The third kappa shape index (κ3) is 4.63. The third-order valence-electron chi connectivity index (χ3n) is 1.93. The first-order valence-corrected chi connectivity index (χ1v) is 4.77. The molecule has 0 aliphatic rings. The van der Waals surface area contributed by atoms with Gasteiger partial charge >= 0.3 is 18.0 Å². The summed E-state index contributed by atoms with van der Waals surface area (Å²) in [6.07, 6.45) is 0. The van der Waals surface area contributed by atoms with E-state index in [1.54, 1.807) is 6.92 Å². The van der Waals surface area contributed by atoms with E-state index in [0.29, 0.717) is 0 Å². The lowest BCUT2D eigenvalue weighted by Crippen LogP contribution is -2.48. The second-order valence-corrected chi connectivity index (χ2v) is 3.10. The molecule has 92 valence electrons. The van der Waals surface area contributed by atoms with Gasteiger partial charge in [-0.15, -0.1) is 0 Å². The van der Waals surface area contributed by atoms with Crippen LogP contribution < -0.4 is 5.32 Å². The minimum atomic E-state index is -1.14. The highest BCUT2D eigenvalue weighted by Gasteiger charge is 2.20. The van der Waals surface area contributed by atoms with Crippen LogP contribution in [0.4, 0.5) is 4.79 Å². The van der Waals surface area contributed by atoms with Gasteiger partial charge in [-0.1, -0.05) is 0 Å². The fraction of sp³-hybridized carbons (Fsp3) is 0.667. The summed E-state index contributed by atoms with van der Waals surface area (Å²) in [4.78, 5) is 34.1. The summed E-state index contributed by atoms with van der Waals surface area (Å²) in [5.74, 6) is -1.69. The average molecular weight is 232 g/mol. The van der Waals surface area contributed by atoms with Crippen molar-refractivity contribution in [2.24, 2.45) is 0 Å². The normalized spacial score (nSPS) is 11.4. The standard InChI is InChI=1S/C9H16N2O5/c1-4-11(5-7(12)16-3)9(15)10-6(2)8(13)14/h6H,4-5H2,1-3H3,(H,10,15)(H,13,14)/t6-/m1/s1. The smallest absolute Gasteiger partial charge is 0.325 e. The third-order valence-corrected chi connectivity index (χ3v) is 1.93. The molecular weight excluding hydrogens is 216 g/mol. The molecule has 1 atom stereocenters. The van der Waals surface area contributed by atoms with Crippen molar-refractivity contribution >= 4 is 18.0 Å². The lowest BCUT2D eigenvalue weighted by Gasteiger charge is -2.21. The predicted octanol–water partition coefficient (Wildman–Crippen LogP) is -0.336. The lowest BCUT2D eigenvalue weighted by atomic mass is 10.3. The zero-order valence-electron chi connectivity index (χ0n) is 9.52. The van der Waals surface area contributed by atoms with E-state index in [1.165, 1.54) is 14.0 Å². The maximum atomic E-state index is 11.5. The largest absolute Gasteiger partial charge is 0.480 e. The number of carboxylic acids is 1. The number of rotatable bonds is 5. The number of urea groups is 1. The zero-order valence-corrected chi connectivity index (χ0v) is 9.52. The Morgan fingerprint density at radius 2 is 2.00 bits per heavy atom. The lowest BCUT2D eigenvalue weighted by molar-refractivity contribution is -0.141. The van der Waals surface area contributed by atoms with Crippen molar-refractivity contribution in [2.75, 3.05) is 20.2 Å². The minimum Gasteiger partial charge on any atom is -0.480 e. The molecule has 0 aromatic rings. The van der Waals surface area contributed by atoms with Crippen molar-refractivity contribution in [2.45, 2.75) is 19.9 Å². The van der Waals surface area contributed by atoms with E-state index < -0.39 is 24.0 Å². The summed E-state index contributed by atoms with van der Waals surface area (Å²) in [6.45, 7) is 3.10. The van der Waals surface area contributed by atoms with Crippen molar-refractivity contribution in [3.8, 4) is 0 Å². The van der Waals surface area contributed by atoms with Crippen molar-refractivity contribution < 1.29 is 24.2 Å². The van der Waals surface area contributed by atoms with Gasteiger partial charge in [0.25, 0.3) is 0 Å². The van der Waals surface area contributed by atoms with Gasteiger partial charge in [-0.05, 0) is 13.8 Å². The summed E-state index contributed by atoms with van der Waals surface area (Å²) in [5.41, 5.74) is 0. The number of ether oxygens (including phenoxy) is 1. The highest BCUT2D eigenvalue weighted by Crippen LogP contribution is 1.93. The molecule has 2 N–H and O–H groups in total. The SMILES string of the molecule is CCN(CC(=O)OC)C(=O)N[C@H](C)C(=O)O. The summed E-state index contributed by atoms with van der Waals surface area (Å²) in [7, 11) is 1.22. The van der Waals surface area contributed by atoms with E-state index in [0.717, 1.165) is 4.90 Å². The monoisotopic (exact) mass is 232 g/mol. The molecular formula is C9H16N2O5. The number of esters is 1. The Kier molecular flexibility index (Phi) is 5.91. The van der Waals surface area contributed by atoms with Crippen molar-refractivity contribution in [1.82, 2.24) is 10.2 Å². The van der Waals surface area contributed by atoms with Crippen molar-refractivity contribution in [3.63, 3.8) is 0 Å². The molecule has 0 aliphatic heterocycles. The first kappa shape index (κ1) is 14.2. The van der Waals surface area contributed by atoms with Gasteiger partial charge in [0.2, 0.25) is 0 Å². The van der Waals surface area contributed by atoms with Gasteiger partial charge in [0.15, 0.2) is 0 Å². The molecule has 7 heteroatoms. The topological polar surface area (TPSA) is 95.9 Å². The number of methoxy groups -OCH3 is 1. The average Bonchev–Trinajstić information content (AvgIpc) is 2.24. The van der Waals surface area contributed by atoms with E-state index in [4.69, 9.17) is 5.11 Å². The molecule has 0 spiro atoms. The van der Waals surface area contributed by atoms with Crippen molar-refractivity contribution in [3.05, 3.63) is 0 Å². The number of aliphatic carboxylic acids is 1. The molecule has 0 saturated carbocycles. The van der Waals surface area contributed by atoms with E-state index in [1.807, 2.05) is 0 Å². The van der Waals surface area contributed by atoms with E-state index in [-0.39, 0.29) is 13.1 Å². The molecule has 2 amide bonds. The Morgan fingerprint density at radius 3 is 2.38 bits per heavy atom. The summed E-state index contributed by atoms with van der Waals surface area (Å²) < 4.78 is 4.41. The predicted molar refractivity (Wildman–Crippen MR) is 54.9 cm³/mol. The number of nitrogens with zero attached hydrogens (tertiary/aromatic N) is 1. The Balaban J connectivity index is 4.31. The van der Waals surface area contributed by atoms with Gasteiger partial charge < -0.3 is 20.1 Å². The van der Waals surface area contributed by atoms with Crippen LogP contribution in [0.1, 0.15) is 13.8 Å².